The molecule has 12 nitrogen and oxygen atoms in total. The predicted octanol–water partition coefficient (Wildman–Crippen LogP) is 0.137. The van der Waals surface area contributed by atoms with Crippen molar-refractivity contribution in [1.82, 2.24) is 33.6 Å². The number of β-amino-alcohol motifs (C(OH)–C–C–N with tert-alkyl or cyclic N) is 2. The number of carbonyl (C=O) groups excluding carboxylic acids is 1. The molecule has 37 heavy (non-hydrogen) atoms. The minimum atomic E-state index is -1.48. The monoisotopic (exact) mass is 509 g/mol. The number of fused-ring (bicyclic) bond motifs is 2. The lowest BCUT2D eigenvalue weighted by molar-refractivity contribution is -0.135. The van der Waals surface area contributed by atoms with E-state index in [1.54, 1.807) is 6.92 Å². The van der Waals surface area contributed by atoms with Crippen LogP contribution in [0.15, 0.2) is 34.1 Å². The number of likely N-dealkylation sites (tertiary alicyclic amines) is 1. The highest BCUT2D eigenvalue weighted by Crippen LogP contribution is 2.33. The minimum Gasteiger partial charge on any atom is -0.391 e. The van der Waals surface area contributed by atoms with Crippen molar-refractivity contribution >= 4 is 28.1 Å². The summed E-state index contributed by atoms with van der Waals surface area (Å²) in [5.41, 5.74) is 0.591. The van der Waals surface area contributed by atoms with Gasteiger partial charge in [-0.1, -0.05) is 6.07 Å². The highest BCUT2D eigenvalue weighted by Gasteiger charge is 2.42. The van der Waals surface area contributed by atoms with Crippen LogP contribution in [0.25, 0.3) is 22.2 Å². The second-order valence-corrected chi connectivity index (χ2v) is 10.2. The lowest BCUT2D eigenvalue weighted by Gasteiger charge is -2.34. The number of benzene rings is 1. The van der Waals surface area contributed by atoms with Crippen LogP contribution in [0.4, 0.5) is 0 Å². The molecule has 1 amide bonds. The summed E-state index contributed by atoms with van der Waals surface area (Å²) in [6.45, 7) is 3.51. The Morgan fingerprint density at radius 2 is 2.00 bits per heavy atom. The van der Waals surface area contributed by atoms with Gasteiger partial charge in [-0.15, -0.1) is 0 Å². The largest absolute Gasteiger partial charge is 0.391 e. The summed E-state index contributed by atoms with van der Waals surface area (Å²) in [5, 5.41) is 22.4. The van der Waals surface area contributed by atoms with Crippen LogP contribution in [0, 0.1) is 6.92 Å². The summed E-state index contributed by atoms with van der Waals surface area (Å²) in [7, 11) is 2.90. The number of nitrogens with one attached hydrogen (secondary N) is 1. The highest BCUT2D eigenvalue weighted by atomic mass is 16.3. The van der Waals surface area contributed by atoms with Gasteiger partial charge >= 0.3 is 5.69 Å². The molecular formula is C25H31N7O5. The van der Waals surface area contributed by atoms with Crippen molar-refractivity contribution < 1.29 is 15.0 Å². The summed E-state index contributed by atoms with van der Waals surface area (Å²) in [5.74, 6) is 0.638. The van der Waals surface area contributed by atoms with Crippen molar-refractivity contribution in [1.29, 1.82) is 0 Å². The van der Waals surface area contributed by atoms with E-state index in [0.29, 0.717) is 6.42 Å². The third-order valence-corrected chi connectivity index (χ3v) is 7.31. The van der Waals surface area contributed by atoms with Crippen LogP contribution < -0.4 is 11.2 Å². The molecule has 3 atom stereocenters. The Balaban J connectivity index is 1.39. The van der Waals surface area contributed by atoms with Gasteiger partial charge in [0.1, 0.15) is 11.4 Å². The van der Waals surface area contributed by atoms with E-state index >= 15 is 0 Å². The van der Waals surface area contributed by atoms with Gasteiger partial charge in [-0.2, -0.15) is 0 Å². The number of rotatable bonds is 4. The molecule has 3 N–H and O–H groups in total. The molecule has 5 rings (SSSR count). The third kappa shape index (κ3) is 4.36. The second-order valence-electron chi connectivity index (χ2n) is 10.2. The SMILES string of the molecule is Cc1nc2ccc(CCC(=O)N3C[C@H](O)C[C@@H](n4cnc5c4c(=O)n(C)c(=O)n5C)[C@](C)(O)C3)cc2[nH]1. The maximum Gasteiger partial charge on any atom is 0.332 e. The molecular weight excluding hydrogens is 478 g/mol. The van der Waals surface area contributed by atoms with E-state index in [1.165, 1.54) is 34.5 Å². The van der Waals surface area contributed by atoms with E-state index in [1.807, 2.05) is 25.1 Å². The first-order chi connectivity index (χ1) is 17.5. The van der Waals surface area contributed by atoms with E-state index in [9.17, 15) is 24.6 Å². The van der Waals surface area contributed by atoms with Crippen molar-refractivity contribution in [2.45, 2.75) is 50.9 Å². The summed E-state index contributed by atoms with van der Waals surface area (Å²) >= 11 is 0. The average molecular weight is 510 g/mol. The Morgan fingerprint density at radius 1 is 1.24 bits per heavy atom. The van der Waals surface area contributed by atoms with Gasteiger partial charge in [-0.3, -0.25) is 18.7 Å². The normalized spacial score (nSPS) is 22.6. The molecule has 0 radical (unpaired) electrons. The Kier molecular flexibility index (Phi) is 6.03. The van der Waals surface area contributed by atoms with E-state index in [0.717, 1.165) is 27.0 Å². The van der Waals surface area contributed by atoms with Crippen LogP contribution in [-0.2, 0) is 25.3 Å². The summed E-state index contributed by atoms with van der Waals surface area (Å²) in [6.07, 6.45) is 1.29. The Morgan fingerprint density at radius 3 is 2.76 bits per heavy atom. The number of carbonyl (C=O) groups is 1. The number of aryl methyl sites for hydroxylation is 3. The van der Waals surface area contributed by atoms with Gasteiger partial charge in [0, 0.05) is 27.1 Å². The molecule has 4 aromatic rings. The van der Waals surface area contributed by atoms with Crippen molar-refractivity contribution in [3.63, 3.8) is 0 Å². The van der Waals surface area contributed by atoms with Crippen LogP contribution in [0.5, 0.6) is 0 Å². The number of imidazole rings is 2. The number of aromatic nitrogens is 6. The fraction of sp³-hybridized carbons (Fsp3) is 0.480. The standard InChI is InChI=1S/C25H31N7O5/c1-14-27-17-7-5-15(9-18(17)28-14)6-8-20(34)31-11-16(33)10-19(25(2,37)12-31)32-13-26-22-21(32)23(35)30(4)24(36)29(22)3/h5,7,9,13,16,19,33,37H,6,8,10-12H2,1-4H3,(H,27,28)/t16-,19-,25-/m1/s1. The van der Waals surface area contributed by atoms with Gasteiger partial charge in [0.25, 0.3) is 5.56 Å². The van der Waals surface area contributed by atoms with Gasteiger partial charge in [0.2, 0.25) is 5.91 Å². The van der Waals surface area contributed by atoms with Gasteiger partial charge in [-0.05, 0) is 44.4 Å². The van der Waals surface area contributed by atoms with Crippen molar-refractivity contribution in [2.75, 3.05) is 13.1 Å². The maximum absolute atomic E-state index is 13.2. The first-order valence-corrected chi connectivity index (χ1v) is 12.2. The molecule has 1 fully saturated rings. The number of hydrogen-bond donors (Lipinski definition) is 3. The van der Waals surface area contributed by atoms with E-state index in [2.05, 4.69) is 15.0 Å². The lowest BCUT2D eigenvalue weighted by Crippen LogP contribution is -2.47. The Hall–Kier alpha value is -3.77. The fourth-order valence-electron chi connectivity index (χ4n) is 5.35. The van der Waals surface area contributed by atoms with Crippen LogP contribution in [-0.4, -0.2) is 74.5 Å². The van der Waals surface area contributed by atoms with Crippen LogP contribution in [0.1, 0.15) is 37.2 Å². The molecule has 1 aliphatic heterocycles. The Labute approximate surface area is 211 Å². The molecule has 0 unspecified atom stereocenters. The summed E-state index contributed by atoms with van der Waals surface area (Å²) in [6, 6.07) is 5.09. The molecule has 0 spiro atoms. The number of aromatic amines is 1. The number of H-pyrrole nitrogens is 1. The van der Waals surface area contributed by atoms with E-state index in [-0.39, 0.29) is 43.0 Å². The maximum atomic E-state index is 13.2. The molecule has 1 aromatic carbocycles. The molecule has 12 heteroatoms. The first kappa shape index (κ1) is 24.9. The van der Waals surface area contributed by atoms with Crippen LogP contribution >= 0.6 is 0 Å². The van der Waals surface area contributed by atoms with Crippen molar-refractivity contribution in [2.24, 2.45) is 14.1 Å². The highest BCUT2D eigenvalue weighted by molar-refractivity contribution is 5.78. The van der Waals surface area contributed by atoms with Gasteiger partial charge in [0.05, 0.1) is 36.1 Å². The number of aliphatic hydroxyl groups is 2. The third-order valence-electron chi connectivity index (χ3n) is 7.31. The van der Waals surface area contributed by atoms with Crippen LogP contribution in [0.3, 0.4) is 0 Å². The van der Waals surface area contributed by atoms with Gasteiger partial charge < -0.3 is 24.7 Å². The summed E-state index contributed by atoms with van der Waals surface area (Å²) < 4.78 is 3.78. The molecule has 1 aliphatic rings. The zero-order chi connectivity index (χ0) is 26.6. The zero-order valence-electron chi connectivity index (χ0n) is 21.3. The zero-order valence-corrected chi connectivity index (χ0v) is 21.3. The van der Waals surface area contributed by atoms with E-state index in [4.69, 9.17) is 0 Å². The Bertz CT molecular complexity index is 1630. The average Bonchev–Trinajstić information content (AvgIpc) is 3.41. The first-order valence-electron chi connectivity index (χ1n) is 12.2. The van der Waals surface area contributed by atoms with E-state index < -0.39 is 29.0 Å². The number of aliphatic hydroxyl groups excluding tert-OH is 1. The quantitative estimate of drug-likeness (QED) is 0.354. The van der Waals surface area contributed by atoms with Crippen molar-refractivity contribution in [3.8, 4) is 0 Å². The molecule has 196 valence electrons. The molecule has 1 saturated heterocycles. The van der Waals surface area contributed by atoms with Gasteiger partial charge in [-0.25, -0.2) is 14.8 Å². The summed E-state index contributed by atoms with van der Waals surface area (Å²) in [4.78, 5) is 51.8. The molecule has 3 aromatic heterocycles. The predicted molar refractivity (Wildman–Crippen MR) is 136 cm³/mol. The second kappa shape index (κ2) is 8.96. The molecule has 0 aliphatic carbocycles. The van der Waals surface area contributed by atoms with Crippen LogP contribution in [0.2, 0.25) is 0 Å². The number of amides is 1. The molecule has 0 saturated carbocycles. The minimum absolute atomic E-state index is 0.0297. The fourth-order valence-corrected chi connectivity index (χ4v) is 5.35. The molecule has 4 heterocycles. The lowest BCUT2D eigenvalue weighted by atomic mass is 9.92. The van der Waals surface area contributed by atoms with Crippen molar-refractivity contribution in [3.05, 3.63) is 56.8 Å². The number of hydrogen-bond acceptors (Lipinski definition) is 7. The van der Waals surface area contributed by atoms with Gasteiger partial charge in [0.15, 0.2) is 11.2 Å². The smallest absolute Gasteiger partial charge is 0.332 e. The topological polar surface area (TPSA) is 151 Å². The number of nitrogens with zero attached hydrogens (tertiary/aromatic N) is 6. The molecule has 0 bridgehead atoms.